The molecule has 0 saturated carbocycles. The topological polar surface area (TPSA) is 54.5 Å². The van der Waals surface area contributed by atoms with Gasteiger partial charge in [-0.2, -0.15) is 5.10 Å². The van der Waals surface area contributed by atoms with E-state index < -0.39 is 0 Å². The number of nitrogens with one attached hydrogen (secondary N) is 1. The first kappa shape index (κ1) is 11.0. The van der Waals surface area contributed by atoms with Crippen LogP contribution in [0.3, 0.4) is 0 Å². The van der Waals surface area contributed by atoms with Crippen LogP contribution < -0.4 is 0 Å². The zero-order valence-electron chi connectivity index (χ0n) is 7.04. The van der Waals surface area contributed by atoms with Crippen molar-refractivity contribution in [3.8, 4) is 0 Å². The lowest BCUT2D eigenvalue weighted by molar-refractivity contribution is 0.967. The fraction of sp³-hybridized carbons (Fsp3) is 0. The quantitative estimate of drug-likeness (QED) is 0.858. The molecule has 0 aliphatic rings. The minimum Gasteiger partial charge on any atom is -0.254 e. The Labute approximate surface area is 104 Å². The van der Waals surface area contributed by atoms with Gasteiger partial charge >= 0.3 is 0 Å². The van der Waals surface area contributed by atoms with Crippen LogP contribution in [0.25, 0.3) is 0 Å². The summed E-state index contributed by atoms with van der Waals surface area (Å²) in [5.41, 5.74) is 0. The highest BCUT2D eigenvalue weighted by Crippen LogP contribution is 2.33. The van der Waals surface area contributed by atoms with Crippen LogP contribution in [0.2, 0.25) is 15.2 Å². The van der Waals surface area contributed by atoms with Crippen LogP contribution in [-0.4, -0.2) is 20.2 Å². The molecule has 0 spiro atoms. The molecule has 0 bridgehead atoms. The Kier molecular flexibility index (Phi) is 3.35. The summed E-state index contributed by atoms with van der Waals surface area (Å²) in [6.45, 7) is 0. The third kappa shape index (κ3) is 2.55. The molecule has 2 rings (SSSR count). The molecule has 2 heterocycles. The van der Waals surface area contributed by atoms with Crippen molar-refractivity contribution >= 4 is 46.6 Å². The fourth-order valence-electron chi connectivity index (χ4n) is 0.835. The highest BCUT2D eigenvalue weighted by molar-refractivity contribution is 7.99. The van der Waals surface area contributed by atoms with E-state index in [0.717, 1.165) is 0 Å². The van der Waals surface area contributed by atoms with Gasteiger partial charge in [0.05, 0.1) is 10.0 Å². The van der Waals surface area contributed by atoms with Crippen molar-refractivity contribution in [3.63, 3.8) is 0 Å². The van der Waals surface area contributed by atoms with E-state index in [-0.39, 0.29) is 5.15 Å². The van der Waals surface area contributed by atoms with Crippen molar-refractivity contribution in [1.82, 2.24) is 20.2 Å². The van der Waals surface area contributed by atoms with Crippen LogP contribution in [0.15, 0.2) is 22.6 Å². The molecule has 0 radical (unpaired) electrons. The summed E-state index contributed by atoms with van der Waals surface area (Å²) in [5.74, 6) is 0. The number of nitrogens with zero attached hydrogens (tertiary/aromatic N) is 3. The predicted molar refractivity (Wildman–Crippen MR) is 59.8 cm³/mol. The lowest BCUT2D eigenvalue weighted by Gasteiger charge is -2.02. The number of pyridine rings is 1. The Morgan fingerprint density at radius 1 is 1.20 bits per heavy atom. The zero-order valence-corrected chi connectivity index (χ0v) is 10.1. The highest BCUT2D eigenvalue weighted by atomic mass is 35.5. The number of hydrogen-bond acceptors (Lipinski definition) is 4. The summed E-state index contributed by atoms with van der Waals surface area (Å²) < 4.78 is 0. The number of rotatable bonds is 2. The standard InChI is InChI=1S/C7H3Cl3N4S/c8-3-1-4(9)6(13-5(3)10)15-7-11-2-12-14-7/h1-2H,(H,11,12,14). The predicted octanol–water partition coefficient (Wildman–Crippen LogP) is 3.31. The van der Waals surface area contributed by atoms with Gasteiger partial charge in [-0.1, -0.05) is 34.8 Å². The number of aromatic nitrogens is 4. The van der Waals surface area contributed by atoms with Crippen LogP contribution in [0.4, 0.5) is 0 Å². The van der Waals surface area contributed by atoms with Gasteiger partial charge in [0.2, 0.25) is 0 Å². The van der Waals surface area contributed by atoms with Gasteiger partial charge in [0.15, 0.2) is 5.16 Å². The first-order valence-corrected chi connectivity index (χ1v) is 5.66. The molecule has 0 aliphatic heterocycles. The lowest BCUT2D eigenvalue weighted by atomic mass is 10.5. The summed E-state index contributed by atoms with van der Waals surface area (Å²) in [6.07, 6.45) is 1.40. The Bertz CT molecular complexity index is 473. The molecule has 78 valence electrons. The monoisotopic (exact) mass is 280 g/mol. The first-order chi connectivity index (χ1) is 7.16. The number of aromatic amines is 1. The van der Waals surface area contributed by atoms with Crippen molar-refractivity contribution in [3.05, 3.63) is 27.6 Å². The SMILES string of the molecule is Clc1cc(Cl)c(Sc2ncn[nH]2)nc1Cl. The molecule has 4 nitrogen and oxygen atoms in total. The number of hydrogen-bond donors (Lipinski definition) is 1. The summed E-state index contributed by atoms with van der Waals surface area (Å²) in [7, 11) is 0. The van der Waals surface area contributed by atoms with Crippen LogP contribution in [0, 0.1) is 0 Å². The van der Waals surface area contributed by atoms with E-state index in [4.69, 9.17) is 34.8 Å². The van der Waals surface area contributed by atoms with Crippen molar-refractivity contribution in [2.24, 2.45) is 0 Å². The van der Waals surface area contributed by atoms with Gasteiger partial charge in [-0.05, 0) is 17.8 Å². The minimum atomic E-state index is 0.211. The Balaban J connectivity index is 2.33. The van der Waals surface area contributed by atoms with Gasteiger partial charge < -0.3 is 0 Å². The molecule has 2 aromatic heterocycles. The largest absolute Gasteiger partial charge is 0.254 e. The van der Waals surface area contributed by atoms with Gasteiger partial charge in [-0.25, -0.2) is 9.97 Å². The van der Waals surface area contributed by atoms with Gasteiger partial charge in [0.1, 0.15) is 16.5 Å². The second-order valence-electron chi connectivity index (χ2n) is 2.44. The van der Waals surface area contributed by atoms with Gasteiger partial charge in [0, 0.05) is 0 Å². The van der Waals surface area contributed by atoms with E-state index in [1.165, 1.54) is 24.2 Å². The third-order valence-corrected chi connectivity index (χ3v) is 3.41. The van der Waals surface area contributed by atoms with Crippen molar-refractivity contribution in [2.75, 3.05) is 0 Å². The van der Waals surface area contributed by atoms with E-state index in [0.29, 0.717) is 20.2 Å². The van der Waals surface area contributed by atoms with E-state index in [1.54, 1.807) is 0 Å². The molecule has 0 aromatic carbocycles. The fourth-order valence-corrected chi connectivity index (χ4v) is 2.17. The second-order valence-corrected chi connectivity index (χ2v) is 4.59. The summed E-state index contributed by atoms with van der Waals surface area (Å²) in [5, 5.41) is 8.45. The van der Waals surface area contributed by atoms with Crippen LogP contribution >= 0.6 is 46.6 Å². The van der Waals surface area contributed by atoms with E-state index >= 15 is 0 Å². The molecule has 0 unspecified atom stereocenters. The lowest BCUT2D eigenvalue weighted by Crippen LogP contribution is -1.85. The van der Waals surface area contributed by atoms with Crippen LogP contribution in [-0.2, 0) is 0 Å². The normalized spacial score (nSPS) is 10.6. The smallest absolute Gasteiger partial charge is 0.189 e. The van der Waals surface area contributed by atoms with Crippen LogP contribution in [0.5, 0.6) is 0 Å². The second kappa shape index (κ2) is 4.57. The molecule has 15 heavy (non-hydrogen) atoms. The van der Waals surface area contributed by atoms with Gasteiger partial charge in [-0.3, -0.25) is 5.10 Å². The number of halogens is 3. The molecule has 0 atom stereocenters. The van der Waals surface area contributed by atoms with E-state index in [9.17, 15) is 0 Å². The van der Waals surface area contributed by atoms with E-state index in [1.807, 2.05) is 0 Å². The van der Waals surface area contributed by atoms with E-state index in [2.05, 4.69) is 20.2 Å². The molecule has 0 aliphatic carbocycles. The highest BCUT2D eigenvalue weighted by Gasteiger charge is 2.10. The summed E-state index contributed by atoms with van der Waals surface area (Å²) in [4.78, 5) is 7.95. The van der Waals surface area contributed by atoms with Crippen LogP contribution in [0.1, 0.15) is 0 Å². The molecule has 0 saturated heterocycles. The first-order valence-electron chi connectivity index (χ1n) is 3.71. The Hall–Kier alpha value is -0.490. The van der Waals surface area contributed by atoms with Gasteiger partial charge in [-0.15, -0.1) is 0 Å². The molecule has 8 heteroatoms. The molecular weight excluding hydrogens is 279 g/mol. The molecular formula is C7H3Cl3N4S. The zero-order chi connectivity index (χ0) is 10.8. The number of H-pyrrole nitrogens is 1. The Morgan fingerprint density at radius 3 is 2.67 bits per heavy atom. The molecule has 0 fully saturated rings. The average molecular weight is 282 g/mol. The van der Waals surface area contributed by atoms with Crippen molar-refractivity contribution in [1.29, 1.82) is 0 Å². The van der Waals surface area contributed by atoms with Crippen molar-refractivity contribution < 1.29 is 0 Å². The molecule has 0 amide bonds. The summed E-state index contributed by atoms with van der Waals surface area (Å²) in [6, 6.07) is 1.54. The maximum absolute atomic E-state index is 5.93. The maximum Gasteiger partial charge on any atom is 0.189 e. The maximum atomic E-state index is 5.93. The van der Waals surface area contributed by atoms with Crippen molar-refractivity contribution in [2.45, 2.75) is 10.2 Å². The van der Waals surface area contributed by atoms with Gasteiger partial charge in [0.25, 0.3) is 0 Å². The Morgan fingerprint density at radius 2 is 2.00 bits per heavy atom. The summed E-state index contributed by atoms with van der Waals surface area (Å²) >= 11 is 18.7. The third-order valence-electron chi connectivity index (χ3n) is 1.44. The molecule has 1 N–H and O–H groups in total. The molecule has 2 aromatic rings. The minimum absolute atomic E-state index is 0.211. The average Bonchev–Trinajstić information content (AvgIpc) is 2.67.